The van der Waals surface area contributed by atoms with Crippen molar-refractivity contribution in [2.75, 3.05) is 38.1 Å². The Morgan fingerprint density at radius 1 is 1.10 bits per heavy atom. The number of anilines is 1. The molecule has 1 saturated heterocycles. The minimum absolute atomic E-state index is 0.0556. The second kappa shape index (κ2) is 9.74. The summed E-state index contributed by atoms with van der Waals surface area (Å²) in [4.78, 5) is 20.7. The number of hydrogen-bond acceptors (Lipinski definition) is 4. The molecule has 6 nitrogen and oxygen atoms in total. The molecule has 154 valence electrons. The smallest absolute Gasteiger partial charge is 0.321 e. The lowest BCUT2D eigenvalue weighted by Crippen LogP contribution is -2.49. The fourth-order valence-electron chi connectivity index (χ4n) is 4.13. The zero-order valence-electron chi connectivity index (χ0n) is 16.9. The van der Waals surface area contributed by atoms with Gasteiger partial charge in [-0.3, -0.25) is 9.88 Å². The van der Waals surface area contributed by atoms with E-state index >= 15 is 0 Å². The maximum Gasteiger partial charge on any atom is 0.321 e. The number of nitrogens with zero attached hydrogens (tertiary/aromatic N) is 3. The molecule has 2 fully saturated rings. The average Bonchev–Trinajstić information content (AvgIpc) is 3.28. The molecule has 2 amide bonds. The molecule has 0 radical (unpaired) electrons. The summed E-state index contributed by atoms with van der Waals surface area (Å²) in [5, 5.41) is 2.91. The molecule has 1 aromatic heterocycles. The Morgan fingerprint density at radius 2 is 1.93 bits per heavy atom. The molecule has 0 unspecified atom stereocenters. The Kier molecular flexibility index (Phi) is 6.62. The van der Waals surface area contributed by atoms with Crippen LogP contribution in [0.3, 0.4) is 0 Å². The minimum atomic E-state index is -0.0556. The number of carbonyl (C=O) groups excluding carboxylic acids is 1. The van der Waals surface area contributed by atoms with Gasteiger partial charge in [0.05, 0.1) is 18.5 Å². The summed E-state index contributed by atoms with van der Waals surface area (Å²) < 4.78 is 6.04. The van der Waals surface area contributed by atoms with Crippen molar-refractivity contribution in [3.63, 3.8) is 0 Å². The summed E-state index contributed by atoms with van der Waals surface area (Å²) in [6, 6.07) is 12.1. The molecule has 4 rings (SSSR count). The predicted molar refractivity (Wildman–Crippen MR) is 114 cm³/mol. The Bertz CT molecular complexity index is 784. The monoisotopic (exact) mass is 394 g/mol. The quantitative estimate of drug-likeness (QED) is 0.805. The SMILES string of the molecule is O=C(Nc1cccnc1)N1CCN(Cc2cccc(OCC3CCCC3)c2)CC1. The first kappa shape index (κ1) is 19.7. The third-order valence-corrected chi connectivity index (χ3v) is 5.84. The van der Waals surface area contributed by atoms with E-state index in [0.717, 1.165) is 56.7 Å². The van der Waals surface area contributed by atoms with E-state index in [9.17, 15) is 4.79 Å². The topological polar surface area (TPSA) is 57.7 Å². The molecule has 1 saturated carbocycles. The van der Waals surface area contributed by atoms with Gasteiger partial charge in [-0.2, -0.15) is 0 Å². The van der Waals surface area contributed by atoms with Gasteiger partial charge in [0, 0.05) is 38.9 Å². The van der Waals surface area contributed by atoms with E-state index in [2.05, 4.69) is 39.5 Å². The van der Waals surface area contributed by atoms with Crippen LogP contribution in [0.4, 0.5) is 10.5 Å². The number of ether oxygens (including phenoxy) is 1. The molecule has 29 heavy (non-hydrogen) atoms. The van der Waals surface area contributed by atoms with Crippen LogP contribution >= 0.6 is 0 Å². The molecule has 2 aromatic rings. The molecule has 0 bridgehead atoms. The number of piperazine rings is 1. The van der Waals surface area contributed by atoms with Crippen LogP contribution in [0.5, 0.6) is 5.75 Å². The van der Waals surface area contributed by atoms with Crippen LogP contribution in [0.15, 0.2) is 48.8 Å². The van der Waals surface area contributed by atoms with Gasteiger partial charge >= 0.3 is 6.03 Å². The van der Waals surface area contributed by atoms with Crippen molar-refractivity contribution in [3.8, 4) is 5.75 Å². The number of carbonyl (C=O) groups is 1. The number of rotatable bonds is 6. The highest BCUT2D eigenvalue weighted by Gasteiger charge is 2.21. The highest BCUT2D eigenvalue weighted by atomic mass is 16.5. The summed E-state index contributed by atoms with van der Waals surface area (Å²) in [5.74, 6) is 1.70. The number of hydrogen-bond donors (Lipinski definition) is 1. The summed E-state index contributed by atoms with van der Waals surface area (Å²) in [6.45, 7) is 4.92. The second-order valence-electron chi connectivity index (χ2n) is 8.04. The van der Waals surface area contributed by atoms with E-state index < -0.39 is 0 Å². The first-order chi connectivity index (χ1) is 14.3. The summed E-state index contributed by atoms with van der Waals surface area (Å²) >= 11 is 0. The number of amides is 2. The first-order valence-corrected chi connectivity index (χ1v) is 10.7. The Morgan fingerprint density at radius 3 is 2.69 bits per heavy atom. The lowest BCUT2D eigenvalue weighted by atomic mass is 10.1. The Balaban J connectivity index is 1.23. The maximum atomic E-state index is 12.4. The summed E-state index contributed by atoms with van der Waals surface area (Å²) in [7, 11) is 0. The molecule has 6 heteroatoms. The van der Waals surface area contributed by atoms with Gasteiger partial charge in [0.15, 0.2) is 0 Å². The van der Waals surface area contributed by atoms with Crippen LogP contribution in [0, 0.1) is 5.92 Å². The number of benzene rings is 1. The number of pyridine rings is 1. The van der Waals surface area contributed by atoms with Crippen LogP contribution in [0.25, 0.3) is 0 Å². The Labute approximate surface area is 172 Å². The van der Waals surface area contributed by atoms with Gasteiger partial charge in [-0.15, -0.1) is 0 Å². The molecule has 1 aliphatic heterocycles. The number of urea groups is 1. The van der Waals surface area contributed by atoms with Crippen molar-refractivity contribution in [1.29, 1.82) is 0 Å². The maximum absolute atomic E-state index is 12.4. The largest absolute Gasteiger partial charge is 0.493 e. The van der Waals surface area contributed by atoms with Gasteiger partial charge < -0.3 is 15.0 Å². The van der Waals surface area contributed by atoms with Crippen molar-refractivity contribution in [2.45, 2.75) is 32.2 Å². The fourth-order valence-corrected chi connectivity index (χ4v) is 4.13. The van der Waals surface area contributed by atoms with Crippen molar-refractivity contribution < 1.29 is 9.53 Å². The molecule has 1 aromatic carbocycles. The molecular weight excluding hydrogens is 364 g/mol. The van der Waals surface area contributed by atoms with Gasteiger partial charge in [-0.05, 0) is 48.6 Å². The molecule has 2 aliphatic rings. The van der Waals surface area contributed by atoms with Crippen LogP contribution in [0.1, 0.15) is 31.2 Å². The van der Waals surface area contributed by atoms with Crippen LogP contribution < -0.4 is 10.1 Å². The van der Waals surface area contributed by atoms with E-state index in [0.29, 0.717) is 0 Å². The fraction of sp³-hybridized carbons (Fsp3) is 0.478. The van der Waals surface area contributed by atoms with Gasteiger partial charge in [-0.1, -0.05) is 25.0 Å². The van der Waals surface area contributed by atoms with E-state index in [1.54, 1.807) is 12.4 Å². The summed E-state index contributed by atoms with van der Waals surface area (Å²) in [6.07, 6.45) is 8.66. The van der Waals surface area contributed by atoms with E-state index in [1.807, 2.05) is 17.0 Å². The molecule has 0 spiro atoms. The minimum Gasteiger partial charge on any atom is -0.493 e. The van der Waals surface area contributed by atoms with Crippen molar-refractivity contribution in [3.05, 3.63) is 54.4 Å². The molecule has 1 N–H and O–H groups in total. The number of aromatic nitrogens is 1. The van der Waals surface area contributed by atoms with Crippen LogP contribution in [-0.4, -0.2) is 53.6 Å². The second-order valence-corrected chi connectivity index (χ2v) is 8.04. The molecule has 1 aliphatic carbocycles. The zero-order valence-corrected chi connectivity index (χ0v) is 16.9. The zero-order chi connectivity index (χ0) is 19.9. The predicted octanol–water partition coefficient (Wildman–Crippen LogP) is 4.00. The molecule has 0 atom stereocenters. The highest BCUT2D eigenvalue weighted by molar-refractivity contribution is 5.89. The van der Waals surface area contributed by atoms with Crippen molar-refractivity contribution in [1.82, 2.24) is 14.8 Å². The van der Waals surface area contributed by atoms with E-state index in [4.69, 9.17) is 4.74 Å². The van der Waals surface area contributed by atoms with E-state index in [-0.39, 0.29) is 6.03 Å². The highest BCUT2D eigenvalue weighted by Crippen LogP contribution is 2.26. The van der Waals surface area contributed by atoms with Gasteiger partial charge in [-0.25, -0.2) is 4.79 Å². The third-order valence-electron chi connectivity index (χ3n) is 5.84. The third kappa shape index (κ3) is 5.70. The first-order valence-electron chi connectivity index (χ1n) is 10.7. The lowest BCUT2D eigenvalue weighted by molar-refractivity contribution is 0.143. The molecular formula is C23H30N4O2. The van der Waals surface area contributed by atoms with Crippen molar-refractivity contribution in [2.24, 2.45) is 5.92 Å². The van der Waals surface area contributed by atoms with Crippen LogP contribution in [-0.2, 0) is 6.54 Å². The van der Waals surface area contributed by atoms with Gasteiger partial charge in [0.25, 0.3) is 0 Å². The van der Waals surface area contributed by atoms with Gasteiger partial charge in [0.1, 0.15) is 5.75 Å². The number of nitrogens with one attached hydrogen (secondary N) is 1. The normalized spacial score (nSPS) is 18.0. The Hall–Kier alpha value is -2.60. The van der Waals surface area contributed by atoms with Crippen molar-refractivity contribution >= 4 is 11.7 Å². The van der Waals surface area contributed by atoms with Crippen LogP contribution in [0.2, 0.25) is 0 Å². The summed E-state index contributed by atoms with van der Waals surface area (Å²) in [5.41, 5.74) is 2.00. The van der Waals surface area contributed by atoms with E-state index in [1.165, 1.54) is 31.2 Å². The van der Waals surface area contributed by atoms with Gasteiger partial charge in [0.2, 0.25) is 0 Å². The molecule has 2 heterocycles. The lowest BCUT2D eigenvalue weighted by Gasteiger charge is -2.34. The standard InChI is InChI=1S/C23H30N4O2/c28-23(25-21-8-4-10-24-16-21)27-13-11-26(12-14-27)17-20-7-3-9-22(15-20)29-18-19-5-1-2-6-19/h3-4,7-10,15-16,19H,1-2,5-6,11-14,17-18H2,(H,25,28). The average molecular weight is 395 g/mol.